The summed E-state index contributed by atoms with van der Waals surface area (Å²) in [6, 6.07) is 6.90. The van der Waals surface area contributed by atoms with E-state index in [0.29, 0.717) is 11.3 Å². The summed E-state index contributed by atoms with van der Waals surface area (Å²) in [5.74, 6) is -1.52. The number of rotatable bonds is 6. The normalized spacial score (nSPS) is 11.1. The fourth-order valence-corrected chi connectivity index (χ4v) is 1.41. The van der Waals surface area contributed by atoms with Gasteiger partial charge < -0.3 is 14.9 Å². The van der Waals surface area contributed by atoms with E-state index < -0.39 is 11.9 Å². The number of benzene rings is 1. The van der Waals surface area contributed by atoms with Crippen LogP contribution in [0, 0.1) is 0 Å². The standard InChI is InChI=1S/C13H14O5/c1-18-11-4-2-3-9(8-11)7-10(13(16)17)5-6-12(14)15/h2-4,7-8H,5-6H2,1H3,(H,14,15)(H,16,17)/b10-7-. The van der Waals surface area contributed by atoms with E-state index in [4.69, 9.17) is 14.9 Å². The highest BCUT2D eigenvalue weighted by atomic mass is 16.5. The second-order valence-corrected chi connectivity index (χ2v) is 3.65. The first-order chi connectivity index (χ1) is 8.52. The predicted molar refractivity (Wildman–Crippen MR) is 65.5 cm³/mol. The van der Waals surface area contributed by atoms with Crippen LogP contribution < -0.4 is 4.74 Å². The van der Waals surface area contributed by atoms with E-state index in [1.165, 1.54) is 13.2 Å². The molecule has 5 heteroatoms. The van der Waals surface area contributed by atoms with Crippen LogP contribution in [0.4, 0.5) is 0 Å². The molecule has 0 bridgehead atoms. The van der Waals surface area contributed by atoms with E-state index in [9.17, 15) is 9.59 Å². The molecular formula is C13H14O5. The van der Waals surface area contributed by atoms with Crippen LogP contribution in [0.1, 0.15) is 18.4 Å². The van der Waals surface area contributed by atoms with Crippen LogP contribution in [0.25, 0.3) is 6.08 Å². The lowest BCUT2D eigenvalue weighted by Gasteiger charge is -2.03. The van der Waals surface area contributed by atoms with E-state index in [2.05, 4.69) is 0 Å². The highest BCUT2D eigenvalue weighted by molar-refractivity contribution is 5.92. The Kier molecular flexibility index (Phi) is 4.92. The largest absolute Gasteiger partial charge is 0.497 e. The Bertz CT molecular complexity index is 476. The Morgan fingerprint density at radius 1 is 1.28 bits per heavy atom. The van der Waals surface area contributed by atoms with Crippen LogP contribution in [0.5, 0.6) is 5.75 Å². The lowest BCUT2D eigenvalue weighted by atomic mass is 10.1. The molecule has 1 rings (SSSR count). The first-order valence-corrected chi connectivity index (χ1v) is 5.32. The molecule has 0 spiro atoms. The van der Waals surface area contributed by atoms with Crippen molar-refractivity contribution < 1.29 is 24.5 Å². The monoisotopic (exact) mass is 250 g/mol. The van der Waals surface area contributed by atoms with Crippen molar-refractivity contribution in [3.63, 3.8) is 0 Å². The van der Waals surface area contributed by atoms with Gasteiger partial charge in [0, 0.05) is 12.0 Å². The van der Waals surface area contributed by atoms with Crippen molar-refractivity contribution in [3.05, 3.63) is 35.4 Å². The molecule has 2 N–H and O–H groups in total. The molecule has 0 amide bonds. The minimum atomic E-state index is -1.11. The van der Waals surface area contributed by atoms with Crippen molar-refractivity contribution in [2.45, 2.75) is 12.8 Å². The molecule has 96 valence electrons. The van der Waals surface area contributed by atoms with Crippen LogP contribution in [-0.2, 0) is 9.59 Å². The number of methoxy groups -OCH3 is 1. The van der Waals surface area contributed by atoms with Crippen molar-refractivity contribution in [2.24, 2.45) is 0 Å². The maximum Gasteiger partial charge on any atom is 0.331 e. The minimum Gasteiger partial charge on any atom is -0.497 e. The Morgan fingerprint density at radius 3 is 2.56 bits per heavy atom. The second-order valence-electron chi connectivity index (χ2n) is 3.65. The Hall–Kier alpha value is -2.30. The SMILES string of the molecule is COc1cccc(/C=C(/CCC(=O)O)C(=O)O)c1. The van der Waals surface area contributed by atoms with E-state index in [0.717, 1.165) is 0 Å². The summed E-state index contributed by atoms with van der Waals surface area (Å²) in [7, 11) is 1.52. The average Bonchev–Trinajstić information content (AvgIpc) is 2.34. The van der Waals surface area contributed by atoms with Crippen LogP contribution in [0.15, 0.2) is 29.8 Å². The van der Waals surface area contributed by atoms with Crippen LogP contribution in [0.3, 0.4) is 0 Å². The summed E-state index contributed by atoms with van der Waals surface area (Å²) in [5.41, 5.74) is 0.725. The predicted octanol–water partition coefficient (Wildman–Crippen LogP) is 2.03. The Morgan fingerprint density at radius 2 is 2.00 bits per heavy atom. The van der Waals surface area contributed by atoms with Crippen molar-refractivity contribution >= 4 is 18.0 Å². The van der Waals surface area contributed by atoms with Gasteiger partial charge in [0.15, 0.2) is 0 Å². The van der Waals surface area contributed by atoms with Gasteiger partial charge in [0.05, 0.1) is 7.11 Å². The fourth-order valence-electron chi connectivity index (χ4n) is 1.41. The van der Waals surface area contributed by atoms with Gasteiger partial charge in [0.1, 0.15) is 5.75 Å². The van der Waals surface area contributed by atoms with Gasteiger partial charge in [0.25, 0.3) is 0 Å². The van der Waals surface area contributed by atoms with Crippen molar-refractivity contribution in [3.8, 4) is 5.75 Å². The second kappa shape index (κ2) is 6.44. The molecule has 0 aliphatic heterocycles. The molecule has 0 radical (unpaired) electrons. The van der Waals surface area contributed by atoms with Gasteiger partial charge in [-0.2, -0.15) is 0 Å². The number of hydrogen-bond donors (Lipinski definition) is 2. The summed E-state index contributed by atoms with van der Waals surface area (Å²) >= 11 is 0. The zero-order chi connectivity index (χ0) is 13.5. The number of carbonyl (C=O) groups is 2. The van der Waals surface area contributed by atoms with Gasteiger partial charge in [-0.25, -0.2) is 4.79 Å². The molecule has 0 saturated heterocycles. The molecule has 0 fully saturated rings. The first kappa shape index (κ1) is 13.8. The van der Waals surface area contributed by atoms with Crippen LogP contribution in [-0.4, -0.2) is 29.3 Å². The smallest absolute Gasteiger partial charge is 0.331 e. The number of hydrogen-bond acceptors (Lipinski definition) is 3. The summed E-state index contributed by atoms with van der Waals surface area (Å²) in [6.45, 7) is 0. The quantitative estimate of drug-likeness (QED) is 0.755. The van der Waals surface area contributed by atoms with Crippen molar-refractivity contribution in [1.82, 2.24) is 0 Å². The molecule has 1 aromatic carbocycles. The summed E-state index contributed by atoms with van der Waals surface area (Å²) < 4.78 is 5.02. The third-order valence-corrected chi connectivity index (χ3v) is 2.32. The Labute approximate surface area is 104 Å². The molecule has 0 aliphatic carbocycles. The third-order valence-electron chi connectivity index (χ3n) is 2.32. The molecule has 0 unspecified atom stereocenters. The van der Waals surface area contributed by atoms with Gasteiger partial charge >= 0.3 is 11.9 Å². The lowest BCUT2D eigenvalue weighted by Crippen LogP contribution is -2.04. The topological polar surface area (TPSA) is 83.8 Å². The number of aliphatic carboxylic acids is 2. The van der Waals surface area contributed by atoms with Gasteiger partial charge in [0.2, 0.25) is 0 Å². The molecule has 0 heterocycles. The van der Waals surface area contributed by atoms with Gasteiger partial charge in [-0.15, -0.1) is 0 Å². The maximum absolute atomic E-state index is 11.0. The maximum atomic E-state index is 11.0. The van der Waals surface area contributed by atoms with Gasteiger partial charge in [-0.1, -0.05) is 12.1 Å². The highest BCUT2D eigenvalue weighted by Gasteiger charge is 2.09. The van der Waals surface area contributed by atoms with E-state index >= 15 is 0 Å². The van der Waals surface area contributed by atoms with Gasteiger partial charge in [-0.3, -0.25) is 4.79 Å². The molecule has 0 aromatic heterocycles. The summed E-state index contributed by atoms with van der Waals surface area (Å²) in [4.78, 5) is 21.4. The first-order valence-electron chi connectivity index (χ1n) is 5.32. The number of carboxylic acid groups (broad SMARTS) is 2. The number of carboxylic acids is 2. The van der Waals surface area contributed by atoms with E-state index in [1.807, 2.05) is 0 Å². The average molecular weight is 250 g/mol. The zero-order valence-corrected chi connectivity index (χ0v) is 9.92. The highest BCUT2D eigenvalue weighted by Crippen LogP contribution is 2.17. The molecule has 0 aliphatic rings. The van der Waals surface area contributed by atoms with Crippen LogP contribution in [0.2, 0.25) is 0 Å². The molecular weight excluding hydrogens is 236 g/mol. The summed E-state index contributed by atoms with van der Waals surface area (Å²) in [5, 5.41) is 17.5. The van der Waals surface area contributed by atoms with Crippen molar-refractivity contribution in [1.29, 1.82) is 0 Å². The number of ether oxygens (including phenoxy) is 1. The molecule has 1 aromatic rings. The van der Waals surface area contributed by atoms with E-state index in [-0.39, 0.29) is 18.4 Å². The summed E-state index contributed by atoms with van der Waals surface area (Å²) in [6.07, 6.45) is 1.23. The van der Waals surface area contributed by atoms with E-state index in [1.54, 1.807) is 24.3 Å². The fraction of sp³-hybridized carbons (Fsp3) is 0.231. The lowest BCUT2D eigenvalue weighted by molar-refractivity contribution is -0.137. The molecule has 18 heavy (non-hydrogen) atoms. The van der Waals surface area contributed by atoms with Crippen LogP contribution >= 0.6 is 0 Å². The molecule has 0 saturated carbocycles. The van der Waals surface area contributed by atoms with Gasteiger partial charge in [-0.05, 0) is 30.2 Å². The minimum absolute atomic E-state index is 0.0120. The molecule has 5 nitrogen and oxygen atoms in total. The third kappa shape index (κ3) is 4.29. The zero-order valence-electron chi connectivity index (χ0n) is 9.92. The van der Waals surface area contributed by atoms with Crippen molar-refractivity contribution in [2.75, 3.05) is 7.11 Å². The molecule has 0 atom stereocenters. The Balaban J connectivity index is 2.92.